The molecule has 1 aliphatic rings. The zero-order valence-electron chi connectivity index (χ0n) is 12.7. The van der Waals surface area contributed by atoms with Crippen LogP contribution in [0, 0.1) is 6.92 Å². The highest BCUT2D eigenvalue weighted by atomic mass is 15.3. The molecule has 106 valence electrons. The Hall–Kier alpha value is -0.900. The number of nitrogens with two attached hydrogens (primary N) is 1. The average molecular weight is 261 g/mol. The number of hydrogen-bond acceptors (Lipinski definition) is 3. The van der Waals surface area contributed by atoms with Gasteiger partial charge in [0, 0.05) is 37.8 Å². The predicted octanol–water partition coefficient (Wildman–Crippen LogP) is 1.85. The molecule has 19 heavy (non-hydrogen) atoms. The largest absolute Gasteiger partial charge is 0.329 e. The molecule has 1 heterocycles. The summed E-state index contributed by atoms with van der Waals surface area (Å²) >= 11 is 0. The molecule has 2 N–H and O–H groups in total. The lowest BCUT2D eigenvalue weighted by Crippen LogP contribution is -2.63. The zero-order valence-corrected chi connectivity index (χ0v) is 12.7. The van der Waals surface area contributed by atoms with Crippen molar-refractivity contribution in [3.8, 4) is 0 Å². The highest BCUT2D eigenvalue weighted by molar-refractivity contribution is 5.21. The van der Waals surface area contributed by atoms with E-state index in [0.717, 1.165) is 26.2 Å². The van der Waals surface area contributed by atoms with E-state index >= 15 is 0 Å². The molecule has 0 radical (unpaired) electrons. The molecule has 0 aliphatic carbocycles. The Bertz CT molecular complexity index is 411. The van der Waals surface area contributed by atoms with Crippen molar-refractivity contribution in [3.63, 3.8) is 0 Å². The first-order valence-electron chi connectivity index (χ1n) is 7.13. The molecule has 0 amide bonds. The average Bonchev–Trinajstić information content (AvgIpc) is 2.34. The van der Waals surface area contributed by atoms with Gasteiger partial charge in [0.25, 0.3) is 0 Å². The molecule has 3 nitrogen and oxygen atoms in total. The van der Waals surface area contributed by atoms with Crippen LogP contribution in [-0.2, 0) is 6.54 Å². The van der Waals surface area contributed by atoms with Gasteiger partial charge in [0.05, 0.1) is 0 Å². The monoisotopic (exact) mass is 261 g/mol. The van der Waals surface area contributed by atoms with E-state index in [4.69, 9.17) is 5.73 Å². The summed E-state index contributed by atoms with van der Waals surface area (Å²) in [4.78, 5) is 4.96. The van der Waals surface area contributed by atoms with Gasteiger partial charge in [0.1, 0.15) is 0 Å². The van der Waals surface area contributed by atoms with Crippen molar-refractivity contribution in [2.24, 2.45) is 5.73 Å². The van der Waals surface area contributed by atoms with Crippen LogP contribution in [-0.4, -0.2) is 48.1 Å². The molecule has 0 bridgehead atoms. The fraction of sp³-hybridized carbons (Fsp3) is 0.625. The number of benzene rings is 1. The second-order valence-corrected chi connectivity index (χ2v) is 6.48. The van der Waals surface area contributed by atoms with Gasteiger partial charge in [-0.05, 0) is 33.4 Å². The number of hydrogen-bond donors (Lipinski definition) is 1. The number of rotatable bonds is 3. The molecule has 1 saturated heterocycles. The van der Waals surface area contributed by atoms with Crippen LogP contribution in [0.2, 0.25) is 0 Å². The van der Waals surface area contributed by atoms with Gasteiger partial charge < -0.3 is 5.73 Å². The van der Waals surface area contributed by atoms with E-state index in [-0.39, 0.29) is 5.54 Å². The van der Waals surface area contributed by atoms with Crippen molar-refractivity contribution in [1.82, 2.24) is 9.80 Å². The molecule has 1 aromatic carbocycles. The molecule has 2 rings (SSSR count). The van der Waals surface area contributed by atoms with Crippen molar-refractivity contribution in [1.29, 1.82) is 0 Å². The van der Waals surface area contributed by atoms with E-state index in [9.17, 15) is 0 Å². The van der Waals surface area contributed by atoms with Crippen molar-refractivity contribution in [2.45, 2.75) is 38.9 Å². The van der Waals surface area contributed by atoms with Crippen molar-refractivity contribution in [2.75, 3.05) is 26.7 Å². The van der Waals surface area contributed by atoms with Crippen LogP contribution in [0.1, 0.15) is 25.0 Å². The van der Waals surface area contributed by atoms with Crippen molar-refractivity contribution >= 4 is 0 Å². The maximum absolute atomic E-state index is 5.89. The maximum atomic E-state index is 5.89. The molecular weight excluding hydrogens is 234 g/mol. The van der Waals surface area contributed by atoms with Gasteiger partial charge >= 0.3 is 0 Å². The summed E-state index contributed by atoms with van der Waals surface area (Å²) in [5, 5.41) is 0. The van der Waals surface area contributed by atoms with Gasteiger partial charge in [-0.1, -0.05) is 29.8 Å². The first-order chi connectivity index (χ1) is 8.92. The Morgan fingerprint density at radius 2 is 1.89 bits per heavy atom. The Balaban J connectivity index is 2.10. The third kappa shape index (κ3) is 3.35. The highest BCUT2D eigenvalue weighted by Crippen LogP contribution is 2.25. The lowest BCUT2D eigenvalue weighted by Gasteiger charge is -2.50. The minimum Gasteiger partial charge on any atom is -0.329 e. The first kappa shape index (κ1) is 14.5. The van der Waals surface area contributed by atoms with Crippen molar-refractivity contribution in [3.05, 3.63) is 35.4 Å². The second-order valence-electron chi connectivity index (χ2n) is 6.48. The Kier molecular flexibility index (Phi) is 4.29. The molecule has 0 saturated carbocycles. The summed E-state index contributed by atoms with van der Waals surface area (Å²) in [7, 11) is 2.18. The van der Waals surface area contributed by atoms with Gasteiger partial charge in [0.2, 0.25) is 0 Å². The third-order valence-electron chi connectivity index (χ3n) is 4.31. The van der Waals surface area contributed by atoms with Crippen LogP contribution in [0.25, 0.3) is 0 Å². The van der Waals surface area contributed by atoms with E-state index in [0.29, 0.717) is 6.04 Å². The summed E-state index contributed by atoms with van der Waals surface area (Å²) in [5.41, 5.74) is 8.80. The van der Waals surface area contributed by atoms with E-state index in [2.05, 4.69) is 61.9 Å². The summed E-state index contributed by atoms with van der Waals surface area (Å²) in [6.45, 7) is 10.6. The fourth-order valence-corrected chi connectivity index (χ4v) is 2.93. The molecule has 1 atom stereocenters. The van der Waals surface area contributed by atoms with Crippen LogP contribution in [0.4, 0.5) is 0 Å². The van der Waals surface area contributed by atoms with Gasteiger partial charge in [0.15, 0.2) is 0 Å². The topological polar surface area (TPSA) is 32.5 Å². The molecule has 1 aromatic rings. The second kappa shape index (κ2) is 5.61. The molecule has 1 fully saturated rings. The van der Waals surface area contributed by atoms with Gasteiger partial charge in [-0.3, -0.25) is 9.80 Å². The van der Waals surface area contributed by atoms with Crippen molar-refractivity contribution < 1.29 is 0 Å². The smallest absolute Gasteiger partial charge is 0.0343 e. The quantitative estimate of drug-likeness (QED) is 0.901. The molecular formula is C16H27N3. The third-order valence-corrected chi connectivity index (χ3v) is 4.31. The zero-order chi connectivity index (χ0) is 14.0. The molecule has 0 aromatic heterocycles. The van der Waals surface area contributed by atoms with E-state index in [1.54, 1.807) is 0 Å². The van der Waals surface area contributed by atoms with Gasteiger partial charge in [-0.25, -0.2) is 0 Å². The highest BCUT2D eigenvalue weighted by Gasteiger charge is 2.36. The minimum absolute atomic E-state index is 0.200. The first-order valence-corrected chi connectivity index (χ1v) is 7.13. The van der Waals surface area contributed by atoms with E-state index in [1.807, 2.05) is 0 Å². The van der Waals surface area contributed by atoms with Crippen LogP contribution in [0.3, 0.4) is 0 Å². The van der Waals surface area contributed by atoms with E-state index < -0.39 is 0 Å². The SMILES string of the molecule is Cc1ccc(CN2CC(CN)N(C)CC2(C)C)cc1. The van der Waals surface area contributed by atoms with Crippen LogP contribution in [0.15, 0.2) is 24.3 Å². The lowest BCUT2D eigenvalue weighted by atomic mass is 9.95. The Morgan fingerprint density at radius 1 is 1.26 bits per heavy atom. The molecule has 1 aliphatic heterocycles. The van der Waals surface area contributed by atoms with E-state index in [1.165, 1.54) is 11.1 Å². The van der Waals surface area contributed by atoms with Crippen LogP contribution < -0.4 is 5.73 Å². The summed E-state index contributed by atoms with van der Waals surface area (Å²) in [6.07, 6.45) is 0. The standard InChI is InChI=1S/C16H27N3/c1-13-5-7-14(8-6-13)10-19-11-15(9-17)18(4)12-16(19,2)3/h5-8,15H,9-12,17H2,1-4H3. The van der Waals surface area contributed by atoms with Crippen LogP contribution in [0.5, 0.6) is 0 Å². The van der Waals surface area contributed by atoms with Gasteiger partial charge in [-0.2, -0.15) is 0 Å². The fourth-order valence-electron chi connectivity index (χ4n) is 2.93. The predicted molar refractivity (Wildman–Crippen MR) is 81.1 cm³/mol. The van der Waals surface area contributed by atoms with Crippen LogP contribution >= 0.6 is 0 Å². The number of nitrogens with zero attached hydrogens (tertiary/aromatic N) is 2. The Morgan fingerprint density at radius 3 is 2.47 bits per heavy atom. The summed E-state index contributed by atoms with van der Waals surface area (Å²) in [6, 6.07) is 9.33. The van der Waals surface area contributed by atoms with Gasteiger partial charge in [-0.15, -0.1) is 0 Å². The number of aryl methyl sites for hydroxylation is 1. The molecule has 1 unspecified atom stereocenters. The lowest BCUT2D eigenvalue weighted by molar-refractivity contribution is -0.00758. The molecule has 0 spiro atoms. The maximum Gasteiger partial charge on any atom is 0.0343 e. The number of likely N-dealkylation sites (N-methyl/N-ethyl adjacent to an activating group) is 1. The minimum atomic E-state index is 0.200. The number of piperazine rings is 1. The Labute approximate surface area is 117 Å². The molecule has 3 heteroatoms. The normalized spacial score (nSPS) is 24.6. The summed E-state index contributed by atoms with van der Waals surface area (Å²) in [5.74, 6) is 0. The summed E-state index contributed by atoms with van der Waals surface area (Å²) < 4.78 is 0.